The second-order valence-electron chi connectivity index (χ2n) is 4.87. The molecule has 1 aromatic carbocycles. The molecule has 2 unspecified atom stereocenters. The van der Waals surface area contributed by atoms with Crippen LogP contribution in [0.3, 0.4) is 0 Å². The van der Waals surface area contributed by atoms with Gasteiger partial charge < -0.3 is 15.0 Å². The number of nitrogens with zero attached hydrogens (tertiary/aromatic N) is 2. The smallest absolute Gasteiger partial charge is 0.233 e. The van der Waals surface area contributed by atoms with Crippen molar-refractivity contribution in [1.29, 1.82) is 5.26 Å². The summed E-state index contributed by atoms with van der Waals surface area (Å²) in [7, 11) is 1.74. The third kappa shape index (κ3) is 2.98. The summed E-state index contributed by atoms with van der Waals surface area (Å²) < 4.78 is 5.41. The Morgan fingerprint density at radius 3 is 3.05 bits per heavy atom. The Morgan fingerprint density at radius 2 is 2.35 bits per heavy atom. The molecule has 1 fully saturated rings. The van der Waals surface area contributed by atoms with E-state index in [4.69, 9.17) is 10.00 Å². The second kappa shape index (κ2) is 6.51. The SMILES string of the molecule is CCNC1COCC1C(=O)N(C)c1cccc(C#N)c1. The van der Waals surface area contributed by atoms with Gasteiger partial charge >= 0.3 is 0 Å². The van der Waals surface area contributed by atoms with Crippen molar-refractivity contribution < 1.29 is 9.53 Å². The molecule has 1 heterocycles. The first-order chi connectivity index (χ1) is 9.67. The summed E-state index contributed by atoms with van der Waals surface area (Å²) >= 11 is 0. The molecule has 106 valence electrons. The number of carbonyl (C=O) groups is 1. The molecule has 0 bridgehead atoms. The number of hydrogen-bond donors (Lipinski definition) is 1. The lowest BCUT2D eigenvalue weighted by molar-refractivity contribution is -0.122. The van der Waals surface area contributed by atoms with Crippen LogP contribution in [0.15, 0.2) is 24.3 Å². The normalized spacial score (nSPS) is 21.4. The highest BCUT2D eigenvalue weighted by Crippen LogP contribution is 2.21. The molecule has 1 amide bonds. The average Bonchev–Trinajstić information content (AvgIpc) is 2.94. The van der Waals surface area contributed by atoms with Crippen LogP contribution in [0.5, 0.6) is 0 Å². The molecular formula is C15H19N3O2. The molecule has 1 aliphatic heterocycles. The number of carbonyl (C=O) groups excluding carboxylic acids is 1. The molecule has 0 aromatic heterocycles. The summed E-state index contributed by atoms with van der Waals surface area (Å²) in [4.78, 5) is 14.2. The number of ether oxygens (including phenoxy) is 1. The third-order valence-electron chi connectivity index (χ3n) is 3.56. The Morgan fingerprint density at radius 1 is 1.55 bits per heavy atom. The third-order valence-corrected chi connectivity index (χ3v) is 3.56. The lowest BCUT2D eigenvalue weighted by Gasteiger charge is -2.24. The van der Waals surface area contributed by atoms with E-state index in [2.05, 4.69) is 11.4 Å². The van der Waals surface area contributed by atoms with Gasteiger partial charge in [-0.25, -0.2) is 0 Å². The predicted molar refractivity (Wildman–Crippen MR) is 76.3 cm³/mol. The number of rotatable bonds is 4. The van der Waals surface area contributed by atoms with E-state index < -0.39 is 0 Å². The van der Waals surface area contributed by atoms with Crippen LogP contribution >= 0.6 is 0 Å². The van der Waals surface area contributed by atoms with E-state index in [0.29, 0.717) is 18.8 Å². The minimum atomic E-state index is -0.175. The molecule has 0 spiro atoms. The van der Waals surface area contributed by atoms with Gasteiger partial charge in [0.25, 0.3) is 0 Å². The first kappa shape index (κ1) is 14.5. The minimum absolute atomic E-state index is 0.0172. The van der Waals surface area contributed by atoms with Crippen molar-refractivity contribution in [3.63, 3.8) is 0 Å². The molecular weight excluding hydrogens is 254 g/mol. The topological polar surface area (TPSA) is 65.4 Å². The van der Waals surface area contributed by atoms with Gasteiger partial charge in [-0.3, -0.25) is 4.79 Å². The number of likely N-dealkylation sites (N-methyl/N-ethyl adjacent to an activating group) is 1. The van der Waals surface area contributed by atoms with Crippen LogP contribution in [-0.2, 0) is 9.53 Å². The lowest BCUT2D eigenvalue weighted by atomic mass is 10.0. The predicted octanol–water partition coefficient (Wildman–Crippen LogP) is 1.15. The first-order valence-corrected chi connectivity index (χ1v) is 6.76. The van der Waals surface area contributed by atoms with Gasteiger partial charge in [0.05, 0.1) is 30.8 Å². The molecule has 1 saturated heterocycles. The number of amides is 1. The minimum Gasteiger partial charge on any atom is -0.379 e. The maximum atomic E-state index is 12.6. The maximum Gasteiger partial charge on any atom is 0.233 e. The number of nitriles is 1. The molecule has 1 aromatic rings. The van der Waals surface area contributed by atoms with Gasteiger partial charge in [0.15, 0.2) is 0 Å². The quantitative estimate of drug-likeness (QED) is 0.893. The number of benzene rings is 1. The van der Waals surface area contributed by atoms with Crippen LogP contribution in [-0.4, -0.2) is 38.8 Å². The zero-order chi connectivity index (χ0) is 14.5. The van der Waals surface area contributed by atoms with Crippen LogP contribution in [0.1, 0.15) is 12.5 Å². The molecule has 5 nitrogen and oxygen atoms in total. The second-order valence-corrected chi connectivity index (χ2v) is 4.87. The van der Waals surface area contributed by atoms with Crippen molar-refractivity contribution >= 4 is 11.6 Å². The van der Waals surface area contributed by atoms with Crippen molar-refractivity contribution in [3.8, 4) is 6.07 Å². The van der Waals surface area contributed by atoms with Gasteiger partial charge in [-0.2, -0.15) is 5.26 Å². The summed E-state index contributed by atoms with van der Waals surface area (Å²) in [5.41, 5.74) is 1.28. The molecule has 1 aliphatic rings. The molecule has 2 rings (SSSR count). The maximum absolute atomic E-state index is 12.6. The Bertz CT molecular complexity index is 524. The molecule has 5 heteroatoms. The monoisotopic (exact) mass is 273 g/mol. The van der Waals surface area contributed by atoms with Crippen molar-refractivity contribution in [2.75, 3.05) is 31.7 Å². The van der Waals surface area contributed by atoms with Crippen LogP contribution < -0.4 is 10.2 Å². The molecule has 1 N–H and O–H groups in total. The van der Waals surface area contributed by atoms with Crippen LogP contribution in [0, 0.1) is 17.2 Å². The van der Waals surface area contributed by atoms with Gasteiger partial charge in [0, 0.05) is 18.8 Å². The zero-order valence-corrected chi connectivity index (χ0v) is 11.8. The van der Waals surface area contributed by atoms with E-state index in [1.807, 2.05) is 13.0 Å². The van der Waals surface area contributed by atoms with Crippen molar-refractivity contribution in [2.45, 2.75) is 13.0 Å². The lowest BCUT2D eigenvalue weighted by Crippen LogP contribution is -2.44. The Hall–Kier alpha value is -1.90. The van der Waals surface area contributed by atoms with E-state index in [-0.39, 0.29) is 17.9 Å². The van der Waals surface area contributed by atoms with Crippen molar-refractivity contribution in [1.82, 2.24) is 5.32 Å². The Labute approximate surface area is 119 Å². The Kier molecular flexibility index (Phi) is 4.72. The number of nitrogens with one attached hydrogen (secondary N) is 1. The van der Waals surface area contributed by atoms with E-state index >= 15 is 0 Å². The largest absolute Gasteiger partial charge is 0.379 e. The highest BCUT2D eigenvalue weighted by atomic mass is 16.5. The summed E-state index contributed by atoms with van der Waals surface area (Å²) in [5, 5.41) is 12.2. The highest BCUT2D eigenvalue weighted by Gasteiger charge is 2.35. The van der Waals surface area contributed by atoms with Gasteiger partial charge in [-0.05, 0) is 24.7 Å². The molecule has 0 radical (unpaired) electrons. The fourth-order valence-corrected chi connectivity index (χ4v) is 2.42. The fourth-order valence-electron chi connectivity index (χ4n) is 2.42. The van der Waals surface area contributed by atoms with Crippen LogP contribution in [0.4, 0.5) is 5.69 Å². The standard InChI is InChI=1S/C15H19N3O2/c1-3-17-14-10-20-9-13(14)15(19)18(2)12-6-4-5-11(7-12)8-16/h4-7,13-14,17H,3,9-10H2,1-2H3. The summed E-state index contributed by atoms with van der Waals surface area (Å²) in [6, 6.07) is 9.20. The zero-order valence-electron chi connectivity index (χ0n) is 11.8. The highest BCUT2D eigenvalue weighted by molar-refractivity contribution is 5.95. The first-order valence-electron chi connectivity index (χ1n) is 6.76. The fraction of sp³-hybridized carbons (Fsp3) is 0.467. The molecule has 20 heavy (non-hydrogen) atoms. The van der Waals surface area contributed by atoms with Crippen LogP contribution in [0.25, 0.3) is 0 Å². The summed E-state index contributed by atoms with van der Waals surface area (Å²) in [6.45, 7) is 3.83. The number of anilines is 1. The summed E-state index contributed by atoms with van der Waals surface area (Å²) in [6.07, 6.45) is 0. The van der Waals surface area contributed by atoms with Crippen LogP contribution in [0.2, 0.25) is 0 Å². The molecule has 0 aliphatic carbocycles. The van der Waals surface area contributed by atoms with E-state index in [0.717, 1.165) is 12.2 Å². The van der Waals surface area contributed by atoms with Gasteiger partial charge in [0.1, 0.15) is 0 Å². The average molecular weight is 273 g/mol. The van der Waals surface area contributed by atoms with Gasteiger partial charge in [-0.1, -0.05) is 13.0 Å². The molecule has 0 saturated carbocycles. The van der Waals surface area contributed by atoms with Crippen molar-refractivity contribution in [3.05, 3.63) is 29.8 Å². The van der Waals surface area contributed by atoms with E-state index in [1.165, 1.54) is 0 Å². The van der Waals surface area contributed by atoms with Gasteiger partial charge in [-0.15, -0.1) is 0 Å². The van der Waals surface area contributed by atoms with Crippen molar-refractivity contribution in [2.24, 2.45) is 5.92 Å². The Balaban J connectivity index is 2.13. The van der Waals surface area contributed by atoms with E-state index in [9.17, 15) is 4.79 Å². The summed E-state index contributed by atoms with van der Waals surface area (Å²) in [5.74, 6) is -0.158. The van der Waals surface area contributed by atoms with Gasteiger partial charge in [0.2, 0.25) is 5.91 Å². The number of hydrogen-bond acceptors (Lipinski definition) is 4. The van der Waals surface area contributed by atoms with E-state index in [1.54, 1.807) is 30.1 Å². The molecule has 2 atom stereocenters.